The van der Waals surface area contributed by atoms with Crippen molar-refractivity contribution in [2.45, 2.75) is 12.5 Å². The van der Waals surface area contributed by atoms with Gasteiger partial charge in [0, 0.05) is 29.2 Å². The van der Waals surface area contributed by atoms with E-state index >= 15 is 0 Å². The Morgan fingerprint density at radius 3 is 2.70 bits per heavy atom. The minimum atomic E-state index is -1.10. The number of amides is 2. The summed E-state index contributed by atoms with van der Waals surface area (Å²) in [5, 5.41) is 14.5. The molecule has 0 bridgehead atoms. The van der Waals surface area contributed by atoms with Crippen LogP contribution in [0.2, 0.25) is 5.02 Å². The minimum Gasteiger partial charge on any atom is -0.465 e. The van der Waals surface area contributed by atoms with Crippen LogP contribution in [0.1, 0.15) is 23.0 Å². The average Bonchev–Trinajstić information content (AvgIpc) is 3.13. The predicted molar refractivity (Wildman–Crippen MR) is 112 cm³/mol. The van der Waals surface area contributed by atoms with Crippen molar-refractivity contribution in [2.24, 2.45) is 0 Å². The van der Waals surface area contributed by atoms with Crippen LogP contribution in [0.15, 0.2) is 54.6 Å². The second-order valence-electron chi connectivity index (χ2n) is 7.04. The lowest BCUT2D eigenvalue weighted by Crippen LogP contribution is -2.40. The standard InChI is InChI=1S/C22H19ClFN3O3/c23-14-6-7-18(24)16(10-14)17-11-19-21(28)26-12-15(8-9-25-22(29)30)27(19)20(17)13-4-2-1-3-5-13/h1-7,10-11,15,25H,8-9,12H2,(H,26,28)(H,29,30). The highest BCUT2D eigenvalue weighted by Crippen LogP contribution is 2.40. The van der Waals surface area contributed by atoms with Crippen molar-refractivity contribution in [3.8, 4) is 22.4 Å². The fourth-order valence-electron chi connectivity index (χ4n) is 3.85. The van der Waals surface area contributed by atoms with Gasteiger partial charge < -0.3 is 20.3 Å². The zero-order valence-electron chi connectivity index (χ0n) is 15.9. The minimum absolute atomic E-state index is 0.198. The van der Waals surface area contributed by atoms with E-state index < -0.39 is 11.9 Å². The highest BCUT2D eigenvalue weighted by Gasteiger charge is 2.31. The highest BCUT2D eigenvalue weighted by atomic mass is 35.5. The summed E-state index contributed by atoms with van der Waals surface area (Å²) >= 11 is 6.13. The van der Waals surface area contributed by atoms with Gasteiger partial charge in [-0.15, -0.1) is 0 Å². The maximum atomic E-state index is 14.8. The first-order chi connectivity index (χ1) is 14.5. The maximum Gasteiger partial charge on any atom is 0.404 e. The van der Waals surface area contributed by atoms with Crippen LogP contribution in [-0.4, -0.2) is 34.8 Å². The summed E-state index contributed by atoms with van der Waals surface area (Å²) in [5.41, 5.74) is 2.78. The van der Waals surface area contributed by atoms with E-state index in [0.717, 1.165) is 5.56 Å². The summed E-state index contributed by atoms with van der Waals surface area (Å²) in [7, 11) is 0. The van der Waals surface area contributed by atoms with Gasteiger partial charge in [-0.1, -0.05) is 41.9 Å². The van der Waals surface area contributed by atoms with Crippen molar-refractivity contribution in [3.05, 3.63) is 71.1 Å². The third kappa shape index (κ3) is 3.76. The van der Waals surface area contributed by atoms with E-state index in [1.165, 1.54) is 12.1 Å². The zero-order valence-corrected chi connectivity index (χ0v) is 16.6. The first-order valence-electron chi connectivity index (χ1n) is 9.46. The van der Waals surface area contributed by atoms with E-state index in [2.05, 4.69) is 10.6 Å². The van der Waals surface area contributed by atoms with Crippen molar-refractivity contribution >= 4 is 23.6 Å². The number of carboxylic acid groups (broad SMARTS) is 1. The lowest BCUT2D eigenvalue weighted by atomic mass is 10.0. The van der Waals surface area contributed by atoms with Gasteiger partial charge in [-0.05, 0) is 36.2 Å². The molecule has 4 rings (SSSR count). The fourth-order valence-corrected chi connectivity index (χ4v) is 4.02. The number of carbonyl (C=O) groups is 2. The number of nitrogens with zero attached hydrogens (tertiary/aromatic N) is 1. The number of rotatable bonds is 5. The lowest BCUT2D eigenvalue weighted by Gasteiger charge is -2.29. The summed E-state index contributed by atoms with van der Waals surface area (Å²) in [5.74, 6) is -0.702. The molecule has 2 heterocycles. The molecule has 0 aliphatic carbocycles. The molecule has 1 aliphatic heterocycles. The quantitative estimate of drug-likeness (QED) is 0.558. The molecule has 3 aromatic rings. The summed E-state index contributed by atoms with van der Waals surface area (Å²) in [4.78, 5) is 23.5. The molecule has 3 N–H and O–H groups in total. The molecular weight excluding hydrogens is 409 g/mol. The summed E-state index contributed by atoms with van der Waals surface area (Å²) in [6, 6.07) is 15.2. The number of benzene rings is 2. The third-order valence-corrected chi connectivity index (χ3v) is 5.39. The Kier molecular flexibility index (Phi) is 5.46. The topological polar surface area (TPSA) is 83.4 Å². The lowest BCUT2D eigenvalue weighted by molar-refractivity contribution is 0.0913. The Morgan fingerprint density at radius 1 is 1.20 bits per heavy atom. The van der Waals surface area contributed by atoms with Crippen molar-refractivity contribution in [1.29, 1.82) is 0 Å². The van der Waals surface area contributed by atoms with E-state index in [-0.39, 0.29) is 18.5 Å². The molecule has 1 atom stereocenters. The van der Waals surface area contributed by atoms with Crippen LogP contribution in [0.4, 0.5) is 9.18 Å². The van der Waals surface area contributed by atoms with Crippen LogP contribution < -0.4 is 10.6 Å². The summed E-state index contributed by atoms with van der Waals surface area (Å²) in [6.45, 7) is 0.571. The van der Waals surface area contributed by atoms with Gasteiger partial charge in [0.25, 0.3) is 5.91 Å². The third-order valence-electron chi connectivity index (χ3n) is 5.15. The van der Waals surface area contributed by atoms with E-state index in [0.29, 0.717) is 40.5 Å². The molecule has 8 heteroatoms. The molecular formula is C22H19ClFN3O3. The molecule has 2 aromatic carbocycles. The Hall–Kier alpha value is -3.32. The van der Waals surface area contributed by atoms with Gasteiger partial charge in [-0.2, -0.15) is 0 Å². The molecule has 0 saturated heterocycles. The molecule has 0 fully saturated rings. The van der Waals surface area contributed by atoms with E-state index in [9.17, 15) is 14.0 Å². The Morgan fingerprint density at radius 2 is 1.97 bits per heavy atom. The van der Waals surface area contributed by atoms with Gasteiger partial charge in [0.1, 0.15) is 11.5 Å². The molecule has 1 unspecified atom stereocenters. The maximum absolute atomic E-state index is 14.8. The van der Waals surface area contributed by atoms with Gasteiger partial charge in [-0.25, -0.2) is 9.18 Å². The molecule has 1 aromatic heterocycles. The van der Waals surface area contributed by atoms with E-state index in [1.807, 2.05) is 34.9 Å². The summed E-state index contributed by atoms with van der Waals surface area (Å²) < 4.78 is 16.6. The molecule has 30 heavy (non-hydrogen) atoms. The number of hydrogen-bond acceptors (Lipinski definition) is 2. The Bertz CT molecular complexity index is 1110. The first kappa shape index (κ1) is 20.0. The molecule has 1 aliphatic rings. The van der Waals surface area contributed by atoms with Crippen LogP contribution in [0, 0.1) is 5.82 Å². The average molecular weight is 428 g/mol. The molecule has 6 nitrogen and oxygen atoms in total. The van der Waals surface area contributed by atoms with Gasteiger partial charge in [0.15, 0.2) is 0 Å². The number of carbonyl (C=O) groups excluding carboxylic acids is 1. The molecule has 0 spiro atoms. The highest BCUT2D eigenvalue weighted by molar-refractivity contribution is 6.30. The van der Waals surface area contributed by atoms with Crippen LogP contribution in [0.5, 0.6) is 0 Å². The number of fused-ring (bicyclic) bond motifs is 1. The van der Waals surface area contributed by atoms with Gasteiger partial charge in [-0.3, -0.25) is 4.79 Å². The molecule has 154 valence electrons. The van der Waals surface area contributed by atoms with Crippen molar-refractivity contribution in [2.75, 3.05) is 13.1 Å². The summed E-state index contributed by atoms with van der Waals surface area (Å²) in [6.07, 6.45) is -0.640. The normalized spacial score (nSPS) is 15.4. The number of hydrogen-bond donors (Lipinski definition) is 3. The fraction of sp³-hybridized carbons (Fsp3) is 0.182. The molecule has 0 saturated carbocycles. The van der Waals surface area contributed by atoms with Gasteiger partial charge in [0.05, 0.1) is 11.7 Å². The van der Waals surface area contributed by atoms with Crippen LogP contribution in [-0.2, 0) is 0 Å². The Labute approximate surface area is 177 Å². The monoisotopic (exact) mass is 427 g/mol. The van der Waals surface area contributed by atoms with Crippen molar-refractivity contribution in [1.82, 2.24) is 15.2 Å². The van der Waals surface area contributed by atoms with Crippen LogP contribution >= 0.6 is 11.6 Å². The van der Waals surface area contributed by atoms with E-state index in [4.69, 9.17) is 16.7 Å². The largest absolute Gasteiger partial charge is 0.465 e. The van der Waals surface area contributed by atoms with Gasteiger partial charge in [0.2, 0.25) is 0 Å². The van der Waals surface area contributed by atoms with Crippen molar-refractivity contribution < 1.29 is 19.1 Å². The second-order valence-corrected chi connectivity index (χ2v) is 7.47. The number of aromatic nitrogens is 1. The van der Waals surface area contributed by atoms with Crippen LogP contribution in [0.3, 0.4) is 0 Å². The molecule has 2 amide bonds. The zero-order chi connectivity index (χ0) is 21.3. The Balaban J connectivity index is 1.91. The van der Waals surface area contributed by atoms with Gasteiger partial charge >= 0.3 is 6.09 Å². The van der Waals surface area contributed by atoms with Crippen LogP contribution in [0.25, 0.3) is 22.4 Å². The van der Waals surface area contributed by atoms with E-state index in [1.54, 1.807) is 12.1 Å². The molecule has 0 radical (unpaired) electrons. The smallest absolute Gasteiger partial charge is 0.404 e. The SMILES string of the molecule is O=C(O)NCCC1CNC(=O)c2cc(-c3cc(Cl)ccc3F)c(-c3ccccc3)n21. The van der Waals surface area contributed by atoms with Crippen molar-refractivity contribution in [3.63, 3.8) is 0 Å². The second kappa shape index (κ2) is 8.20. The predicted octanol–water partition coefficient (Wildman–Crippen LogP) is 4.56. The number of halogens is 2. The number of nitrogens with one attached hydrogen (secondary N) is 2. The first-order valence-corrected chi connectivity index (χ1v) is 9.84.